The molecule has 110 valence electrons. The third kappa shape index (κ3) is 2.94. The van der Waals surface area contributed by atoms with Gasteiger partial charge in [-0.3, -0.25) is 0 Å². The fourth-order valence-electron chi connectivity index (χ4n) is 2.88. The van der Waals surface area contributed by atoms with Crippen LogP contribution in [-0.4, -0.2) is 17.5 Å². The molecule has 0 bridgehead atoms. The van der Waals surface area contributed by atoms with E-state index in [0.717, 1.165) is 18.4 Å². The molecule has 4 nitrogen and oxygen atoms in total. The quantitative estimate of drug-likeness (QED) is 0.934. The third-order valence-corrected chi connectivity index (χ3v) is 4.05. The smallest absolute Gasteiger partial charge is 0.318 e. The number of fused-ring (bicyclic) bond motifs is 1. The van der Waals surface area contributed by atoms with E-state index in [-0.39, 0.29) is 12.1 Å². The summed E-state index contributed by atoms with van der Waals surface area (Å²) < 4.78 is 5.06. The van der Waals surface area contributed by atoms with Crippen molar-refractivity contribution in [3.63, 3.8) is 0 Å². The van der Waals surface area contributed by atoms with Gasteiger partial charge in [0, 0.05) is 12.1 Å². The summed E-state index contributed by atoms with van der Waals surface area (Å²) in [6, 6.07) is 10.4. The number of carbonyl (C=O) groups excluding carboxylic acids is 1. The molecule has 0 saturated carbocycles. The Morgan fingerprint density at radius 2 is 2.24 bits per heavy atom. The first-order chi connectivity index (χ1) is 10.3. The van der Waals surface area contributed by atoms with Crippen LogP contribution in [0.15, 0.2) is 47.3 Å². The third-order valence-electron chi connectivity index (χ3n) is 4.05. The molecular weight excluding hydrogens is 264 g/mol. The highest BCUT2D eigenvalue weighted by molar-refractivity contribution is 5.75. The van der Waals surface area contributed by atoms with Crippen molar-refractivity contribution in [1.82, 2.24) is 10.2 Å². The van der Waals surface area contributed by atoms with E-state index in [9.17, 15) is 4.79 Å². The highest BCUT2D eigenvalue weighted by Crippen LogP contribution is 2.30. The van der Waals surface area contributed by atoms with Crippen LogP contribution >= 0.6 is 0 Å². The molecule has 4 heteroatoms. The highest BCUT2D eigenvalue weighted by Gasteiger charge is 2.25. The average Bonchev–Trinajstić information content (AvgIpc) is 3.15. The lowest BCUT2D eigenvalue weighted by molar-refractivity contribution is 0.193. The summed E-state index contributed by atoms with van der Waals surface area (Å²) in [5, 5.41) is 3.15. The molecule has 1 aliphatic carbocycles. The van der Waals surface area contributed by atoms with Crippen molar-refractivity contribution in [2.45, 2.75) is 32.4 Å². The second kappa shape index (κ2) is 6.04. The van der Waals surface area contributed by atoms with Gasteiger partial charge in [-0.15, -0.1) is 0 Å². The van der Waals surface area contributed by atoms with E-state index in [1.807, 2.05) is 19.1 Å². The largest absolute Gasteiger partial charge is 0.472 e. The van der Waals surface area contributed by atoms with E-state index in [1.165, 1.54) is 11.1 Å². The summed E-state index contributed by atoms with van der Waals surface area (Å²) in [5.74, 6) is 0. The molecule has 2 amide bonds. The van der Waals surface area contributed by atoms with Gasteiger partial charge in [0.2, 0.25) is 0 Å². The Balaban J connectivity index is 1.65. The molecule has 0 aliphatic heterocycles. The van der Waals surface area contributed by atoms with Crippen LogP contribution in [0.2, 0.25) is 0 Å². The Labute approximate surface area is 124 Å². The van der Waals surface area contributed by atoms with Gasteiger partial charge in [-0.1, -0.05) is 24.3 Å². The molecule has 2 aromatic rings. The monoisotopic (exact) mass is 284 g/mol. The van der Waals surface area contributed by atoms with Gasteiger partial charge in [-0.05, 0) is 37.0 Å². The first-order valence-electron chi connectivity index (χ1n) is 7.42. The number of carbonyl (C=O) groups is 1. The highest BCUT2D eigenvalue weighted by atomic mass is 16.3. The summed E-state index contributed by atoms with van der Waals surface area (Å²) in [4.78, 5) is 14.2. The molecule has 1 heterocycles. The van der Waals surface area contributed by atoms with Gasteiger partial charge in [0.15, 0.2) is 0 Å². The Hall–Kier alpha value is -2.23. The Kier molecular flexibility index (Phi) is 3.95. The van der Waals surface area contributed by atoms with Crippen LogP contribution in [0.1, 0.15) is 36.1 Å². The van der Waals surface area contributed by atoms with Crippen LogP contribution in [0.4, 0.5) is 4.79 Å². The van der Waals surface area contributed by atoms with Crippen molar-refractivity contribution in [3.05, 3.63) is 59.5 Å². The predicted molar refractivity (Wildman–Crippen MR) is 80.8 cm³/mol. The van der Waals surface area contributed by atoms with E-state index < -0.39 is 0 Å². The van der Waals surface area contributed by atoms with Crippen LogP contribution in [0, 0.1) is 0 Å². The minimum Gasteiger partial charge on any atom is -0.472 e. The second-order valence-electron chi connectivity index (χ2n) is 5.39. The minimum absolute atomic E-state index is 0.0135. The van der Waals surface area contributed by atoms with Crippen LogP contribution in [0.5, 0.6) is 0 Å². The predicted octanol–water partition coefficient (Wildman–Crippen LogP) is 3.50. The number of urea groups is 1. The maximum atomic E-state index is 12.5. The van der Waals surface area contributed by atoms with Gasteiger partial charge in [0.25, 0.3) is 0 Å². The standard InChI is InChI=1S/C17H20N2O2/c1-2-19(11-13-9-10-21-12-13)17(20)18-16-8-7-14-5-3-4-6-15(14)16/h3-6,9-10,12,16H,2,7-8,11H2,1H3,(H,18,20). The molecule has 1 aromatic heterocycles. The molecule has 1 N–H and O–H groups in total. The number of hydrogen-bond acceptors (Lipinski definition) is 2. The lowest BCUT2D eigenvalue weighted by atomic mass is 10.1. The fraction of sp³-hybridized carbons (Fsp3) is 0.353. The van der Waals surface area contributed by atoms with Gasteiger partial charge >= 0.3 is 6.03 Å². The van der Waals surface area contributed by atoms with E-state index >= 15 is 0 Å². The molecule has 3 rings (SSSR count). The van der Waals surface area contributed by atoms with Crippen LogP contribution in [-0.2, 0) is 13.0 Å². The number of benzene rings is 1. The lowest BCUT2D eigenvalue weighted by Crippen LogP contribution is -2.40. The molecule has 1 unspecified atom stereocenters. The number of rotatable bonds is 4. The summed E-state index contributed by atoms with van der Waals surface area (Å²) in [7, 11) is 0. The van der Waals surface area contributed by atoms with Crippen molar-refractivity contribution in [2.24, 2.45) is 0 Å². The SMILES string of the molecule is CCN(Cc1ccoc1)C(=O)NC1CCc2ccccc21. The molecule has 0 fully saturated rings. The van der Waals surface area contributed by atoms with E-state index in [1.54, 1.807) is 17.4 Å². The summed E-state index contributed by atoms with van der Waals surface area (Å²) >= 11 is 0. The first kappa shape index (κ1) is 13.7. The maximum Gasteiger partial charge on any atom is 0.318 e. The van der Waals surface area contributed by atoms with Crippen LogP contribution < -0.4 is 5.32 Å². The average molecular weight is 284 g/mol. The number of furan rings is 1. The Morgan fingerprint density at radius 1 is 1.38 bits per heavy atom. The van der Waals surface area contributed by atoms with Gasteiger partial charge < -0.3 is 14.6 Å². The van der Waals surface area contributed by atoms with Crippen molar-refractivity contribution in [3.8, 4) is 0 Å². The van der Waals surface area contributed by atoms with Crippen molar-refractivity contribution in [2.75, 3.05) is 6.54 Å². The number of aryl methyl sites for hydroxylation is 1. The normalized spacial score (nSPS) is 16.5. The Bertz CT molecular complexity index is 607. The molecule has 0 saturated heterocycles. The van der Waals surface area contributed by atoms with Gasteiger partial charge in [0.1, 0.15) is 0 Å². The van der Waals surface area contributed by atoms with E-state index in [2.05, 4.69) is 23.5 Å². The van der Waals surface area contributed by atoms with E-state index in [0.29, 0.717) is 13.1 Å². The van der Waals surface area contributed by atoms with Crippen molar-refractivity contribution >= 4 is 6.03 Å². The first-order valence-corrected chi connectivity index (χ1v) is 7.42. The molecule has 1 atom stereocenters. The molecule has 0 radical (unpaired) electrons. The van der Waals surface area contributed by atoms with Crippen molar-refractivity contribution in [1.29, 1.82) is 0 Å². The Morgan fingerprint density at radius 3 is 3.00 bits per heavy atom. The lowest BCUT2D eigenvalue weighted by Gasteiger charge is -2.23. The number of hydrogen-bond donors (Lipinski definition) is 1. The van der Waals surface area contributed by atoms with E-state index in [4.69, 9.17) is 4.42 Å². The number of amides is 2. The van der Waals surface area contributed by atoms with Gasteiger partial charge in [-0.2, -0.15) is 0 Å². The van der Waals surface area contributed by atoms with Crippen molar-refractivity contribution < 1.29 is 9.21 Å². The molecular formula is C17H20N2O2. The molecule has 1 aromatic carbocycles. The van der Waals surface area contributed by atoms with Gasteiger partial charge in [-0.25, -0.2) is 4.79 Å². The topological polar surface area (TPSA) is 45.5 Å². The minimum atomic E-state index is -0.0135. The number of nitrogens with zero attached hydrogens (tertiary/aromatic N) is 1. The van der Waals surface area contributed by atoms with Gasteiger partial charge in [0.05, 0.1) is 25.1 Å². The molecule has 1 aliphatic rings. The fourth-order valence-corrected chi connectivity index (χ4v) is 2.88. The second-order valence-corrected chi connectivity index (χ2v) is 5.39. The maximum absolute atomic E-state index is 12.5. The zero-order chi connectivity index (χ0) is 14.7. The number of nitrogens with one attached hydrogen (secondary N) is 1. The zero-order valence-corrected chi connectivity index (χ0v) is 12.2. The van der Waals surface area contributed by atoms with Crippen LogP contribution in [0.3, 0.4) is 0 Å². The van der Waals surface area contributed by atoms with Crippen LogP contribution in [0.25, 0.3) is 0 Å². The molecule has 0 spiro atoms. The zero-order valence-electron chi connectivity index (χ0n) is 12.2. The summed E-state index contributed by atoms with van der Waals surface area (Å²) in [6.45, 7) is 3.24. The summed E-state index contributed by atoms with van der Waals surface area (Å²) in [5.41, 5.74) is 3.62. The summed E-state index contributed by atoms with van der Waals surface area (Å²) in [6.07, 6.45) is 5.33. The molecule has 21 heavy (non-hydrogen) atoms.